The fourth-order valence-corrected chi connectivity index (χ4v) is 3.36. The Morgan fingerprint density at radius 2 is 1.61 bits per heavy atom. The van der Waals surface area contributed by atoms with E-state index in [0.717, 1.165) is 11.3 Å². The number of nitrogens with zero attached hydrogens (tertiary/aromatic N) is 3. The number of carbonyl (C=O) groups excluding carboxylic acids is 2. The number of pyridine rings is 1. The molecule has 0 aliphatic heterocycles. The van der Waals surface area contributed by atoms with Crippen LogP contribution in [0.1, 0.15) is 44.5 Å². The van der Waals surface area contributed by atoms with E-state index in [9.17, 15) is 9.59 Å². The Balaban J connectivity index is 1.51. The van der Waals surface area contributed by atoms with Crippen LogP contribution in [0.25, 0.3) is 5.82 Å². The molecule has 6 heteroatoms. The first-order valence-electron chi connectivity index (χ1n) is 10.1. The molecule has 0 unspecified atom stereocenters. The van der Waals surface area contributed by atoms with Crippen molar-refractivity contribution in [1.29, 1.82) is 0 Å². The fourth-order valence-electron chi connectivity index (χ4n) is 3.36. The Morgan fingerprint density at radius 1 is 0.935 bits per heavy atom. The second-order valence-corrected chi connectivity index (χ2v) is 7.18. The Morgan fingerprint density at radius 3 is 2.23 bits per heavy atom. The van der Waals surface area contributed by atoms with E-state index in [4.69, 9.17) is 0 Å². The summed E-state index contributed by atoms with van der Waals surface area (Å²) in [5.41, 5.74) is 4.19. The van der Waals surface area contributed by atoms with Crippen molar-refractivity contribution in [2.24, 2.45) is 0 Å². The Kier molecular flexibility index (Phi) is 5.71. The number of rotatable bonds is 6. The highest BCUT2D eigenvalue weighted by molar-refractivity contribution is 6.09. The summed E-state index contributed by atoms with van der Waals surface area (Å²) in [7, 11) is 0. The highest BCUT2D eigenvalue weighted by Gasteiger charge is 2.18. The minimum atomic E-state index is -0.253. The lowest BCUT2D eigenvalue weighted by Crippen LogP contribution is -2.14. The molecule has 0 aliphatic carbocycles. The molecule has 1 amide bonds. The molecular formula is C25H22N4O2. The molecule has 0 radical (unpaired) electrons. The maximum atomic E-state index is 12.9. The summed E-state index contributed by atoms with van der Waals surface area (Å²) in [6.45, 7) is 3.95. The lowest BCUT2D eigenvalue weighted by molar-refractivity contribution is 0.102. The van der Waals surface area contributed by atoms with Crippen LogP contribution in [0.15, 0.2) is 79.1 Å². The van der Waals surface area contributed by atoms with Crippen molar-refractivity contribution < 1.29 is 9.59 Å². The zero-order chi connectivity index (χ0) is 21.8. The summed E-state index contributed by atoms with van der Waals surface area (Å²) in [4.78, 5) is 29.8. The lowest BCUT2D eigenvalue weighted by atomic mass is 10.0. The monoisotopic (exact) mass is 410 g/mol. The van der Waals surface area contributed by atoms with Gasteiger partial charge < -0.3 is 5.32 Å². The van der Waals surface area contributed by atoms with Crippen molar-refractivity contribution in [3.8, 4) is 5.82 Å². The molecule has 154 valence electrons. The van der Waals surface area contributed by atoms with E-state index in [1.54, 1.807) is 41.3 Å². The third-order valence-electron chi connectivity index (χ3n) is 5.03. The number of hydrogen-bond acceptors (Lipinski definition) is 4. The number of amides is 1. The SMILES string of the molecule is CCc1c(C(=O)Nc2ccc(C(=O)c3ccc(C)cc3)cc2)cnn1-c1ccccn1. The Bertz CT molecular complexity index is 1210. The predicted octanol–water partition coefficient (Wildman–Crippen LogP) is 4.62. The number of carbonyl (C=O) groups is 2. The molecule has 2 aromatic carbocycles. The van der Waals surface area contributed by atoms with E-state index in [-0.39, 0.29) is 11.7 Å². The summed E-state index contributed by atoms with van der Waals surface area (Å²) in [6.07, 6.45) is 3.87. The van der Waals surface area contributed by atoms with Crippen molar-refractivity contribution in [2.75, 3.05) is 5.32 Å². The second-order valence-electron chi connectivity index (χ2n) is 7.18. The minimum Gasteiger partial charge on any atom is -0.322 e. The molecule has 0 saturated carbocycles. The van der Waals surface area contributed by atoms with Gasteiger partial charge in [-0.1, -0.05) is 42.8 Å². The first-order valence-corrected chi connectivity index (χ1v) is 10.1. The normalized spacial score (nSPS) is 10.6. The Hall–Kier alpha value is -4.06. The van der Waals surface area contributed by atoms with E-state index in [0.29, 0.717) is 34.6 Å². The van der Waals surface area contributed by atoms with Crippen LogP contribution in [-0.4, -0.2) is 26.5 Å². The van der Waals surface area contributed by atoms with Gasteiger partial charge in [0.1, 0.15) is 0 Å². The molecule has 0 bridgehead atoms. The average Bonchev–Trinajstić information content (AvgIpc) is 3.24. The van der Waals surface area contributed by atoms with Crippen LogP contribution < -0.4 is 5.32 Å². The molecular weight excluding hydrogens is 388 g/mol. The smallest absolute Gasteiger partial charge is 0.259 e. The molecule has 4 rings (SSSR count). The lowest BCUT2D eigenvalue weighted by Gasteiger charge is -2.08. The molecule has 1 N–H and O–H groups in total. The molecule has 0 saturated heterocycles. The van der Waals surface area contributed by atoms with Crippen molar-refractivity contribution in [2.45, 2.75) is 20.3 Å². The van der Waals surface area contributed by atoms with Crippen LogP contribution in [0.2, 0.25) is 0 Å². The van der Waals surface area contributed by atoms with Gasteiger partial charge in [-0.3, -0.25) is 9.59 Å². The first-order chi connectivity index (χ1) is 15.1. The summed E-state index contributed by atoms with van der Waals surface area (Å²) in [5.74, 6) is 0.358. The van der Waals surface area contributed by atoms with Gasteiger partial charge in [0.25, 0.3) is 5.91 Å². The number of anilines is 1. The van der Waals surface area contributed by atoms with Crippen LogP contribution in [0.3, 0.4) is 0 Å². The molecule has 2 heterocycles. The molecule has 0 spiro atoms. The number of benzene rings is 2. The summed E-state index contributed by atoms with van der Waals surface area (Å²) >= 11 is 0. The number of aryl methyl sites for hydroxylation is 1. The minimum absolute atomic E-state index is 0.0530. The number of hydrogen-bond donors (Lipinski definition) is 1. The highest BCUT2D eigenvalue weighted by atomic mass is 16.1. The summed E-state index contributed by atoms with van der Waals surface area (Å²) < 4.78 is 1.68. The molecule has 0 atom stereocenters. The van der Waals surface area contributed by atoms with Crippen molar-refractivity contribution >= 4 is 17.4 Å². The van der Waals surface area contributed by atoms with Crippen molar-refractivity contribution in [3.63, 3.8) is 0 Å². The van der Waals surface area contributed by atoms with Crippen molar-refractivity contribution in [1.82, 2.24) is 14.8 Å². The van der Waals surface area contributed by atoms with E-state index in [1.165, 1.54) is 0 Å². The molecule has 31 heavy (non-hydrogen) atoms. The number of aromatic nitrogens is 3. The van der Waals surface area contributed by atoms with Crippen LogP contribution in [0.4, 0.5) is 5.69 Å². The van der Waals surface area contributed by atoms with Crippen molar-refractivity contribution in [3.05, 3.63) is 107 Å². The predicted molar refractivity (Wildman–Crippen MR) is 120 cm³/mol. The third kappa shape index (κ3) is 4.28. The zero-order valence-corrected chi connectivity index (χ0v) is 17.4. The fraction of sp³-hybridized carbons (Fsp3) is 0.120. The van der Waals surface area contributed by atoms with Gasteiger partial charge in [0, 0.05) is 23.0 Å². The topological polar surface area (TPSA) is 76.9 Å². The van der Waals surface area contributed by atoms with Crippen LogP contribution in [0, 0.1) is 6.92 Å². The van der Waals surface area contributed by atoms with Gasteiger partial charge in [-0.2, -0.15) is 5.10 Å². The first kappa shape index (κ1) is 20.2. The molecule has 6 nitrogen and oxygen atoms in total. The summed E-state index contributed by atoms with van der Waals surface area (Å²) in [5, 5.41) is 7.23. The molecule has 2 aromatic heterocycles. The van der Waals surface area contributed by atoms with Gasteiger partial charge in [0.2, 0.25) is 0 Å². The highest BCUT2D eigenvalue weighted by Crippen LogP contribution is 2.18. The van der Waals surface area contributed by atoms with Crippen LogP contribution in [0.5, 0.6) is 0 Å². The number of nitrogens with one attached hydrogen (secondary N) is 1. The second kappa shape index (κ2) is 8.75. The van der Waals surface area contributed by atoms with Gasteiger partial charge in [-0.05, 0) is 49.7 Å². The van der Waals surface area contributed by atoms with E-state index < -0.39 is 0 Å². The van der Waals surface area contributed by atoms with Gasteiger partial charge in [-0.15, -0.1) is 0 Å². The van der Waals surface area contributed by atoms with E-state index in [2.05, 4.69) is 15.4 Å². The largest absolute Gasteiger partial charge is 0.322 e. The van der Waals surface area contributed by atoms with Crippen LogP contribution >= 0.6 is 0 Å². The molecule has 0 fully saturated rings. The van der Waals surface area contributed by atoms with Gasteiger partial charge in [0.05, 0.1) is 17.5 Å². The maximum absolute atomic E-state index is 12.9. The number of ketones is 1. The summed E-state index contributed by atoms with van der Waals surface area (Å²) in [6, 6.07) is 19.9. The quantitative estimate of drug-likeness (QED) is 0.471. The third-order valence-corrected chi connectivity index (χ3v) is 5.03. The maximum Gasteiger partial charge on any atom is 0.259 e. The van der Waals surface area contributed by atoms with Crippen LogP contribution in [-0.2, 0) is 6.42 Å². The standard InChI is InChI=1S/C25H22N4O2/c1-3-22-21(16-27-29(22)23-6-4-5-15-26-23)25(31)28-20-13-11-19(12-14-20)24(30)18-9-7-17(2)8-10-18/h4-16H,3H2,1-2H3,(H,28,31). The van der Waals surface area contributed by atoms with E-state index >= 15 is 0 Å². The average molecular weight is 410 g/mol. The van der Waals surface area contributed by atoms with Gasteiger partial charge >= 0.3 is 0 Å². The molecule has 4 aromatic rings. The van der Waals surface area contributed by atoms with Gasteiger partial charge in [-0.25, -0.2) is 9.67 Å². The van der Waals surface area contributed by atoms with Gasteiger partial charge in [0.15, 0.2) is 11.6 Å². The molecule has 0 aliphatic rings. The van der Waals surface area contributed by atoms with E-state index in [1.807, 2.05) is 56.3 Å². The Labute approximate surface area is 180 Å². The zero-order valence-electron chi connectivity index (χ0n) is 17.4.